The van der Waals surface area contributed by atoms with Gasteiger partial charge in [0.15, 0.2) is 17.2 Å². The van der Waals surface area contributed by atoms with Gasteiger partial charge in [-0.3, -0.25) is 10.1 Å². The number of hydrogen-bond donors (Lipinski definition) is 8. The van der Waals surface area contributed by atoms with Gasteiger partial charge in [0.2, 0.25) is 24.7 Å². The van der Waals surface area contributed by atoms with Crippen LogP contribution in [-0.2, 0) is 30.3 Å². The summed E-state index contributed by atoms with van der Waals surface area (Å²) in [5.41, 5.74) is 5.45. The van der Waals surface area contributed by atoms with Crippen LogP contribution < -0.4 is 20.5 Å². The molecule has 1 aromatic heterocycles. The molecule has 1 unspecified atom stereocenters. The maximum atomic E-state index is 13.5. The predicted molar refractivity (Wildman–Crippen MR) is 209 cm³/mol. The number of hydroxylamine groups is 2. The van der Waals surface area contributed by atoms with Crippen LogP contribution in [0.2, 0.25) is 0 Å². The third-order valence-electron chi connectivity index (χ3n) is 10.3. The number of aromatic hydroxyl groups is 1. The van der Waals surface area contributed by atoms with Crippen LogP contribution in [-0.4, -0.2) is 112 Å². The Balaban J connectivity index is 1.21. The first kappa shape index (κ1) is 41.4. The SMILES string of the molecule is CN[C@H](C(=O)O)C(=O)O[C@H](O)[C@@H]1O[C@H](Oc2ccc3c(=O)c(-c4ccc(O)cc4)coc3c2)[C@@H](O[NH+]2CC3=CC=NC3=C2c2cc(C)cc(CCCCO)c2)[C@H](O)[C@H]1O. The van der Waals surface area contributed by atoms with Crippen molar-refractivity contribution in [2.75, 3.05) is 20.2 Å². The van der Waals surface area contributed by atoms with Crippen LogP contribution in [0.3, 0.4) is 0 Å². The van der Waals surface area contributed by atoms with Crippen molar-refractivity contribution in [1.82, 2.24) is 5.32 Å². The summed E-state index contributed by atoms with van der Waals surface area (Å²) in [6, 6.07) is 14.5. The molecule has 0 spiro atoms. The van der Waals surface area contributed by atoms with Crippen molar-refractivity contribution in [2.45, 2.75) is 69.2 Å². The zero-order valence-corrected chi connectivity index (χ0v) is 32.0. The first-order valence-corrected chi connectivity index (χ1v) is 18.9. The molecule has 17 nitrogen and oxygen atoms in total. The van der Waals surface area contributed by atoms with Crippen LogP contribution in [0.25, 0.3) is 27.8 Å². The lowest BCUT2D eigenvalue weighted by molar-refractivity contribution is -1.04. The van der Waals surface area contributed by atoms with Crippen molar-refractivity contribution >= 4 is 34.8 Å². The van der Waals surface area contributed by atoms with Gasteiger partial charge in [-0.15, -0.1) is 0 Å². The van der Waals surface area contributed by atoms with Gasteiger partial charge < -0.3 is 49.3 Å². The van der Waals surface area contributed by atoms with Crippen LogP contribution in [0.15, 0.2) is 98.5 Å². The molecule has 1 fully saturated rings. The van der Waals surface area contributed by atoms with E-state index in [4.69, 9.17) is 23.5 Å². The van der Waals surface area contributed by atoms with Crippen molar-refractivity contribution in [3.05, 3.63) is 111 Å². The number of aliphatic imine (C=N–C) groups is 1. The molecule has 4 aromatic rings. The number of aliphatic carboxylic acids is 1. The highest BCUT2D eigenvalue weighted by Gasteiger charge is 2.54. The predicted octanol–water partition coefficient (Wildman–Crippen LogP) is 0.727. The molecular weight excluding hydrogens is 770 g/mol. The number of ether oxygens (including phenoxy) is 3. The standard InChI is InChI=1S/C42H43N3O14/c1-21-15-22(5-3-4-14-46)17-25(16-21)33-31-24(12-13-44-31)19-45(33)59-38-36(50)35(49)37(41(54)58-40(53)32(43-2)39(51)52)57-42(38)56-27-10-11-28-30(18-27)55-20-29(34(28)48)23-6-8-26(47)9-7-23/h6-13,15-18,20,32,35-38,41-43,46-47,49-50,54H,3-5,14,19H2,1-2H3,(H,51,52)/p+1/t32-,35-,36-,37-,38+,41+,42+/m1/s1. The Labute approximate surface area is 336 Å². The number of rotatable bonds is 15. The molecule has 0 amide bonds. The highest BCUT2D eigenvalue weighted by molar-refractivity contribution is 5.98. The van der Waals surface area contributed by atoms with Gasteiger partial charge in [0, 0.05) is 30.0 Å². The molecular formula is C42H44N3O14+. The normalized spacial score (nSPS) is 23.5. The van der Waals surface area contributed by atoms with Crippen molar-refractivity contribution in [3.63, 3.8) is 0 Å². The molecule has 17 heteroatoms. The summed E-state index contributed by atoms with van der Waals surface area (Å²) in [4.78, 5) is 48.8. The number of carbonyl (C=O) groups excluding carboxylic acids is 1. The number of hydrogen-bond acceptors (Lipinski definition) is 15. The molecule has 7 rings (SSSR count). The van der Waals surface area contributed by atoms with E-state index in [1.807, 2.05) is 25.1 Å². The number of phenolic OH excluding ortho intramolecular Hbond substituents is 1. The van der Waals surface area contributed by atoms with Crippen molar-refractivity contribution in [2.24, 2.45) is 4.99 Å². The highest BCUT2D eigenvalue weighted by atomic mass is 16.8. The average Bonchev–Trinajstić information content (AvgIpc) is 3.79. The lowest BCUT2D eigenvalue weighted by Crippen LogP contribution is -3.08. The van der Waals surface area contributed by atoms with E-state index >= 15 is 0 Å². The molecule has 3 aliphatic heterocycles. The van der Waals surface area contributed by atoms with Gasteiger partial charge in [0.25, 0.3) is 0 Å². The van der Waals surface area contributed by atoms with E-state index in [1.165, 1.54) is 43.6 Å². The van der Waals surface area contributed by atoms with Crippen molar-refractivity contribution < 1.29 is 68.8 Å². The number of fused-ring (bicyclic) bond motifs is 2. The molecule has 8 atom stereocenters. The van der Waals surface area contributed by atoms with Crippen molar-refractivity contribution in [3.8, 4) is 22.6 Å². The van der Waals surface area contributed by atoms with E-state index in [0.717, 1.165) is 35.1 Å². The summed E-state index contributed by atoms with van der Waals surface area (Å²) < 4.78 is 23.0. The summed E-state index contributed by atoms with van der Waals surface area (Å²) in [6.07, 6.45) is -4.19. The van der Waals surface area contributed by atoms with Gasteiger partial charge in [0.05, 0.1) is 10.9 Å². The fourth-order valence-electron chi connectivity index (χ4n) is 7.35. The topological polar surface area (TPSA) is 251 Å². The van der Waals surface area contributed by atoms with E-state index in [-0.39, 0.29) is 46.6 Å². The number of allylic oxidation sites excluding steroid dienone is 1. The number of carboxylic acids is 1. The Morgan fingerprint density at radius 2 is 1.81 bits per heavy atom. The van der Waals surface area contributed by atoms with E-state index in [9.17, 15) is 45.0 Å². The number of aryl methyl sites for hydroxylation is 2. The first-order valence-electron chi connectivity index (χ1n) is 18.9. The van der Waals surface area contributed by atoms with Crippen LogP contribution in [0.1, 0.15) is 29.5 Å². The summed E-state index contributed by atoms with van der Waals surface area (Å²) >= 11 is 0. The van der Waals surface area contributed by atoms with Gasteiger partial charge in [-0.05, 0) is 86.8 Å². The number of likely N-dealkylation sites (N-methyl/N-ethyl adjacent to an activating group) is 1. The maximum Gasteiger partial charge on any atom is 0.337 e. The van der Waals surface area contributed by atoms with Crippen LogP contribution in [0, 0.1) is 6.92 Å². The Morgan fingerprint density at radius 3 is 2.54 bits per heavy atom. The van der Waals surface area contributed by atoms with E-state index in [0.29, 0.717) is 28.4 Å². The number of carbonyl (C=O) groups is 2. The lowest BCUT2D eigenvalue weighted by Gasteiger charge is -2.42. The van der Waals surface area contributed by atoms with E-state index < -0.39 is 55.0 Å². The monoisotopic (exact) mass is 814 g/mol. The lowest BCUT2D eigenvalue weighted by atomic mass is 9.98. The van der Waals surface area contributed by atoms with Gasteiger partial charge in [0.1, 0.15) is 47.8 Å². The molecule has 0 radical (unpaired) electrons. The second kappa shape index (κ2) is 17.6. The Bertz CT molecular complexity index is 2370. The van der Waals surface area contributed by atoms with Gasteiger partial charge in [-0.2, -0.15) is 9.90 Å². The Morgan fingerprint density at radius 1 is 1.03 bits per heavy atom. The molecule has 8 N–H and O–H groups in total. The molecule has 310 valence electrons. The molecule has 1 saturated heterocycles. The fraction of sp³-hybridized carbons (Fsp3) is 0.333. The summed E-state index contributed by atoms with van der Waals surface area (Å²) in [5.74, 6) is -2.90. The van der Waals surface area contributed by atoms with Crippen LogP contribution >= 0.6 is 0 Å². The van der Waals surface area contributed by atoms with E-state index in [1.54, 1.807) is 18.3 Å². The highest BCUT2D eigenvalue weighted by Crippen LogP contribution is 2.33. The van der Waals surface area contributed by atoms with E-state index in [2.05, 4.69) is 16.4 Å². The molecule has 0 aliphatic carbocycles. The largest absolute Gasteiger partial charge is 0.508 e. The number of benzene rings is 3. The Hall–Kier alpha value is -5.76. The van der Waals surface area contributed by atoms with Gasteiger partial charge >= 0.3 is 11.9 Å². The molecule has 4 heterocycles. The number of aliphatic hydroxyl groups is 4. The first-order chi connectivity index (χ1) is 28.4. The fourth-order valence-corrected chi connectivity index (χ4v) is 7.35. The minimum Gasteiger partial charge on any atom is -0.508 e. The number of esters is 1. The molecule has 0 saturated carbocycles. The van der Waals surface area contributed by atoms with Gasteiger partial charge in [-0.1, -0.05) is 23.8 Å². The maximum absolute atomic E-state index is 13.5. The van der Waals surface area contributed by atoms with Crippen LogP contribution in [0.5, 0.6) is 11.5 Å². The zero-order chi connectivity index (χ0) is 42.0. The number of carboxylic acid groups (broad SMARTS) is 1. The second-order valence-corrected chi connectivity index (χ2v) is 14.4. The smallest absolute Gasteiger partial charge is 0.337 e. The number of aliphatic hydroxyl groups excluding tert-OH is 4. The number of quaternary nitrogens is 1. The number of phenols is 1. The number of nitrogens with zero attached hydrogens (tertiary/aromatic N) is 1. The molecule has 0 bridgehead atoms. The van der Waals surface area contributed by atoms with Gasteiger partial charge in [-0.25, -0.2) is 14.6 Å². The molecule has 59 heavy (non-hydrogen) atoms. The van der Waals surface area contributed by atoms with Crippen LogP contribution in [0.4, 0.5) is 0 Å². The zero-order valence-electron chi connectivity index (χ0n) is 32.0. The summed E-state index contributed by atoms with van der Waals surface area (Å²) in [5, 5.41) is 65.3. The summed E-state index contributed by atoms with van der Waals surface area (Å²) in [6.45, 7) is 2.29. The minimum absolute atomic E-state index is 0.0307. The molecule has 3 aromatic carbocycles. The summed E-state index contributed by atoms with van der Waals surface area (Å²) in [7, 11) is 1.20. The third kappa shape index (κ3) is 8.68. The Kier molecular flexibility index (Phi) is 12.4. The average molecular weight is 815 g/mol. The third-order valence-corrected chi connectivity index (χ3v) is 10.3. The van der Waals surface area contributed by atoms with Crippen molar-refractivity contribution in [1.29, 1.82) is 0 Å². The quantitative estimate of drug-likeness (QED) is 0.0357. The second-order valence-electron chi connectivity index (χ2n) is 14.4. The minimum atomic E-state index is -2.28. The number of unbranched alkanes of at least 4 members (excludes halogenated alkanes) is 1. The molecule has 3 aliphatic rings. The number of nitrogens with one attached hydrogen (secondary N) is 2.